The number of nitrogen functional groups attached to an aromatic ring is 1. The minimum absolute atomic E-state index is 0.0457. The number of aromatic amines is 2. The zero-order chi connectivity index (χ0) is 20.8. The molecule has 0 amide bonds. The van der Waals surface area contributed by atoms with E-state index >= 15 is 0 Å². The van der Waals surface area contributed by atoms with Gasteiger partial charge < -0.3 is 10.7 Å². The monoisotopic (exact) mass is 488 g/mol. The molecule has 0 spiro atoms. The Hall–Kier alpha value is -2.82. The molecule has 0 fully saturated rings. The number of halogens is 1. The van der Waals surface area contributed by atoms with Crippen molar-refractivity contribution in [2.75, 3.05) is 5.73 Å². The predicted octanol–water partition coefficient (Wildman–Crippen LogP) is 3.83. The molecular weight excluding hydrogens is 476 g/mol. The number of pyridine rings is 1. The smallest absolute Gasteiger partial charge is 0.261 e. The van der Waals surface area contributed by atoms with Gasteiger partial charge in [0.25, 0.3) is 5.56 Å². The number of nitrogens with zero attached hydrogens (tertiary/aromatic N) is 1. The van der Waals surface area contributed by atoms with Crippen LogP contribution in [0.5, 0.6) is 0 Å². The van der Waals surface area contributed by atoms with Crippen LogP contribution in [0.4, 0.5) is 5.82 Å². The summed E-state index contributed by atoms with van der Waals surface area (Å²) < 4.78 is 27.7. The lowest BCUT2D eigenvalue weighted by Crippen LogP contribution is -2.16. The first-order valence-corrected chi connectivity index (χ1v) is 11.0. The molecule has 29 heavy (non-hydrogen) atoms. The number of benzene rings is 2. The van der Waals surface area contributed by atoms with Crippen molar-refractivity contribution < 1.29 is 8.42 Å². The molecule has 4 aromatic rings. The van der Waals surface area contributed by atoms with Crippen LogP contribution in [-0.2, 0) is 9.84 Å². The maximum Gasteiger partial charge on any atom is 0.261 e. The highest BCUT2D eigenvalue weighted by atomic mass is 79.9. The quantitative estimate of drug-likeness (QED) is 0.376. The summed E-state index contributed by atoms with van der Waals surface area (Å²) in [6.07, 6.45) is 0. The fourth-order valence-corrected chi connectivity index (χ4v) is 5.26. The fraction of sp³-hybridized carbons (Fsp3) is 0. The molecule has 0 aliphatic rings. The molecule has 2 aromatic heterocycles. The Morgan fingerprint density at radius 2 is 1.76 bits per heavy atom. The van der Waals surface area contributed by atoms with Gasteiger partial charge in [-0.2, -0.15) is 0 Å². The summed E-state index contributed by atoms with van der Waals surface area (Å²) in [5, 5.41) is 0.0559. The van der Waals surface area contributed by atoms with Gasteiger partial charge in [0, 0.05) is 10.0 Å². The molecule has 0 atom stereocenters. The summed E-state index contributed by atoms with van der Waals surface area (Å²) in [4.78, 5) is 22.0. The van der Waals surface area contributed by atoms with E-state index in [0.29, 0.717) is 10.0 Å². The lowest BCUT2D eigenvalue weighted by Gasteiger charge is -2.15. The summed E-state index contributed by atoms with van der Waals surface area (Å²) in [6.45, 7) is 0. The fourth-order valence-electron chi connectivity index (χ4n) is 3.11. The predicted molar refractivity (Wildman–Crippen MR) is 117 cm³/mol. The lowest BCUT2D eigenvalue weighted by molar-refractivity contribution is 0.596. The molecule has 0 unspecified atom stereocenters. The normalized spacial score (nSPS) is 11.6. The molecule has 0 bridgehead atoms. The molecule has 10 heteroatoms. The molecule has 0 aliphatic carbocycles. The Bertz CT molecular complexity index is 1480. The van der Waals surface area contributed by atoms with E-state index in [1.807, 2.05) is 0 Å². The number of sulfone groups is 1. The molecule has 7 nitrogen and oxygen atoms in total. The molecule has 0 saturated heterocycles. The van der Waals surface area contributed by atoms with Crippen molar-refractivity contribution in [1.82, 2.24) is 15.0 Å². The highest BCUT2D eigenvalue weighted by Crippen LogP contribution is 2.38. The number of hydrogen-bond acceptors (Lipinski definition) is 6. The first-order valence-electron chi connectivity index (χ1n) is 8.31. The Labute approximate surface area is 178 Å². The van der Waals surface area contributed by atoms with Crippen LogP contribution < -0.4 is 11.3 Å². The third-order valence-corrected chi connectivity index (χ3v) is 6.84. The van der Waals surface area contributed by atoms with Crippen LogP contribution in [0.2, 0.25) is 0 Å². The number of rotatable bonds is 3. The first kappa shape index (κ1) is 19.5. The maximum absolute atomic E-state index is 13.5. The van der Waals surface area contributed by atoms with E-state index in [0.717, 1.165) is 0 Å². The highest BCUT2D eigenvalue weighted by Gasteiger charge is 2.29. The maximum atomic E-state index is 13.5. The van der Waals surface area contributed by atoms with Crippen molar-refractivity contribution >= 4 is 54.8 Å². The average molecular weight is 489 g/mol. The average Bonchev–Trinajstić information content (AvgIpc) is 2.67. The minimum Gasteiger partial charge on any atom is -0.383 e. The molecule has 2 aromatic carbocycles. The number of nitrogens with one attached hydrogen (secondary N) is 2. The van der Waals surface area contributed by atoms with E-state index in [-0.39, 0.29) is 37.0 Å². The molecule has 146 valence electrons. The van der Waals surface area contributed by atoms with Gasteiger partial charge in [0.15, 0.2) is 4.77 Å². The van der Waals surface area contributed by atoms with Crippen molar-refractivity contribution in [2.45, 2.75) is 9.79 Å². The Balaban J connectivity index is 2.24. The summed E-state index contributed by atoms with van der Waals surface area (Å²) >= 11 is 8.40. The van der Waals surface area contributed by atoms with Gasteiger partial charge in [-0.05, 0) is 42.0 Å². The van der Waals surface area contributed by atoms with Crippen molar-refractivity contribution in [3.05, 3.63) is 74.2 Å². The van der Waals surface area contributed by atoms with Gasteiger partial charge in [-0.15, -0.1) is 0 Å². The van der Waals surface area contributed by atoms with Gasteiger partial charge in [0.2, 0.25) is 9.84 Å². The number of fused-ring (bicyclic) bond motifs is 1. The summed E-state index contributed by atoms with van der Waals surface area (Å²) in [5.74, 6) is -0.229. The van der Waals surface area contributed by atoms with E-state index in [9.17, 15) is 13.2 Å². The van der Waals surface area contributed by atoms with Gasteiger partial charge in [0.05, 0.1) is 10.3 Å². The SMILES string of the molecule is Nc1nc2[nH]c(=S)[nH]c(=O)c2c(-c2cccc(Br)c2)c1S(=O)(=O)c1ccccc1. The number of hydrogen-bond donors (Lipinski definition) is 3. The van der Waals surface area contributed by atoms with Crippen LogP contribution in [0.25, 0.3) is 22.2 Å². The molecule has 0 radical (unpaired) electrons. The lowest BCUT2D eigenvalue weighted by atomic mass is 10.0. The summed E-state index contributed by atoms with van der Waals surface area (Å²) in [5.41, 5.74) is 6.32. The molecule has 2 heterocycles. The van der Waals surface area contributed by atoms with E-state index < -0.39 is 15.4 Å². The zero-order valence-electron chi connectivity index (χ0n) is 14.6. The van der Waals surface area contributed by atoms with Crippen LogP contribution in [-0.4, -0.2) is 23.4 Å². The van der Waals surface area contributed by atoms with E-state index in [1.165, 1.54) is 12.1 Å². The Morgan fingerprint density at radius 1 is 1.03 bits per heavy atom. The van der Waals surface area contributed by atoms with Crippen LogP contribution >= 0.6 is 28.1 Å². The van der Waals surface area contributed by atoms with E-state index in [2.05, 4.69) is 30.9 Å². The molecule has 4 rings (SSSR count). The molecule has 0 saturated carbocycles. The number of nitrogens with two attached hydrogens (primary N) is 1. The second kappa shape index (κ2) is 7.21. The van der Waals surface area contributed by atoms with Crippen LogP contribution in [0.15, 0.2) is 73.7 Å². The third-order valence-electron chi connectivity index (χ3n) is 4.30. The molecule has 0 aliphatic heterocycles. The highest BCUT2D eigenvalue weighted by molar-refractivity contribution is 9.10. The van der Waals surface area contributed by atoms with Gasteiger partial charge in [-0.1, -0.05) is 46.3 Å². The van der Waals surface area contributed by atoms with Crippen molar-refractivity contribution in [3.63, 3.8) is 0 Å². The van der Waals surface area contributed by atoms with Crippen molar-refractivity contribution in [1.29, 1.82) is 0 Å². The Morgan fingerprint density at radius 3 is 2.45 bits per heavy atom. The van der Waals surface area contributed by atoms with Crippen LogP contribution in [0, 0.1) is 4.77 Å². The van der Waals surface area contributed by atoms with Gasteiger partial charge in [0.1, 0.15) is 16.4 Å². The van der Waals surface area contributed by atoms with Crippen molar-refractivity contribution in [2.24, 2.45) is 0 Å². The number of H-pyrrole nitrogens is 2. The largest absolute Gasteiger partial charge is 0.383 e. The van der Waals surface area contributed by atoms with E-state index in [4.69, 9.17) is 18.0 Å². The van der Waals surface area contributed by atoms with Crippen molar-refractivity contribution in [3.8, 4) is 11.1 Å². The minimum atomic E-state index is -4.08. The number of aromatic nitrogens is 3. The van der Waals surface area contributed by atoms with Crippen LogP contribution in [0.1, 0.15) is 0 Å². The third kappa shape index (κ3) is 3.39. The van der Waals surface area contributed by atoms with Gasteiger partial charge in [-0.3, -0.25) is 9.78 Å². The topological polar surface area (TPSA) is 122 Å². The van der Waals surface area contributed by atoms with Crippen LogP contribution in [0.3, 0.4) is 0 Å². The van der Waals surface area contributed by atoms with E-state index in [1.54, 1.807) is 42.5 Å². The van der Waals surface area contributed by atoms with Gasteiger partial charge >= 0.3 is 0 Å². The molecular formula is C19H13BrN4O3S2. The van der Waals surface area contributed by atoms with Gasteiger partial charge in [-0.25, -0.2) is 13.4 Å². The second-order valence-corrected chi connectivity index (χ2v) is 9.37. The second-order valence-electron chi connectivity index (χ2n) is 6.16. The zero-order valence-corrected chi connectivity index (χ0v) is 17.9. The molecule has 4 N–H and O–H groups in total. The summed E-state index contributed by atoms with van der Waals surface area (Å²) in [7, 11) is -4.08. The summed E-state index contributed by atoms with van der Waals surface area (Å²) in [6, 6.07) is 14.8. The standard InChI is InChI=1S/C19H13BrN4O3S2/c20-11-6-4-5-10(9-11)13-14-17(23-19(28)24-18(14)25)22-16(21)15(13)29(26,27)12-7-2-1-3-8-12/h1-9H,(H4,21,22,23,24,25,28). The number of anilines is 1. The first-order chi connectivity index (χ1) is 13.8. The Kier molecular flexibility index (Phi) is 4.85.